The molecular weight excluding hydrogens is 418 g/mol. The molecule has 0 aromatic heterocycles. The van der Waals surface area contributed by atoms with Crippen LogP contribution in [0.3, 0.4) is 0 Å². The van der Waals surface area contributed by atoms with Gasteiger partial charge in [0.05, 0.1) is 22.6 Å². The number of nitro groups is 1. The molecule has 0 aliphatic heterocycles. The zero-order valence-corrected chi connectivity index (χ0v) is 18.2. The molecule has 2 N–H and O–H groups in total. The summed E-state index contributed by atoms with van der Waals surface area (Å²) in [6.07, 6.45) is 0. The summed E-state index contributed by atoms with van der Waals surface area (Å²) < 4.78 is 33.2. The second-order valence-electron chi connectivity index (χ2n) is 7.06. The highest BCUT2D eigenvalue weighted by Crippen LogP contribution is 2.29. The average molecular weight is 442 g/mol. The normalized spacial score (nSPS) is 11.1. The highest BCUT2D eigenvalue weighted by atomic mass is 32.2. The molecule has 162 valence electrons. The summed E-state index contributed by atoms with van der Waals surface area (Å²) in [5.74, 6) is 0.709. The third-order valence-corrected chi connectivity index (χ3v) is 6.11. The summed E-state index contributed by atoms with van der Waals surface area (Å²) in [6, 6.07) is 16.4. The molecule has 0 radical (unpaired) electrons. The molecule has 0 saturated carbocycles. The number of rotatable bonds is 8. The summed E-state index contributed by atoms with van der Waals surface area (Å²) in [6.45, 7) is 4.03. The van der Waals surface area contributed by atoms with Crippen molar-refractivity contribution in [1.82, 2.24) is 0 Å². The molecular formula is C22H23N3O5S. The molecule has 0 bridgehead atoms. The third-order valence-electron chi connectivity index (χ3n) is 4.74. The second-order valence-corrected chi connectivity index (χ2v) is 8.74. The molecule has 0 saturated heterocycles. The van der Waals surface area contributed by atoms with E-state index in [1.54, 1.807) is 38.3 Å². The SMILES string of the molecule is COc1ccc(CNc2ccc(S(=O)(=O)Nc3ccc(C)cc3C)cc2[N+](=O)[O-])cc1. The minimum Gasteiger partial charge on any atom is -0.497 e. The Kier molecular flexibility index (Phi) is 6.45. The Hall–Kier alpha value is -3.59. The van der Waals surface area contributed by atoms with Crippen molar-refractivity contribution in [2.45, 2.75) is 25.3 Å². The number of hydrogen-bond donors (Lipinski definition) is 2. The van der Waals surface area contributed by atoms with Gasteiger partial charge in [0, 0.05) is 12.6 Å². The van der Waals surface area contributed by atoms with Crippen LogP contribution < -0.4 is 14.8 Å². The molecule has 0 atom stereocenters. The maximum atomic E-state index is 12.8. The summed E-state index contributed by atoms with van der Waals surface area (Å²) in [7, 11) is -2.42. The Balaban J connectivity index is 1.83. The van der Waals surface area contributed by atoms with Gasteiger partial charge in [0.15, 0.2) is 0 Å². The van der Waals surface area contributed by atoms with Gasteiger partial charge in [-0.1, -0.05) is 29.8 Å². The van der Waals surface area contributed by atoms with Gasteiger partial charge < -0.3 is 10.1 Å². The fourth-order valence-corrected chi connectivity index (χ4v) is 4.20. The van der Waals surface area contributed by atoms with E-state index in [1.165, 1.54) is 12.1 Å². The number of nitrogens with zero attached hydrogens (tertiary/aromatic N) is 1. The van der Waals surface area contributed by atoms with Gasteiger partial charge in [0.25, 0.3) is 15.7 Å². The van der Waals surface area contributed by atoms with Crippen LogP contribution >= 0.6 is 0 Å². The van der Waals surface area contributed by atoms with Crippen LogP contribution in [0.1, 0.15) is 16.7 Å². The van der Waals surface area contributed by atoms with Crippen molar-refractivity contribution in [2.24, 2.45) is 0 Å². The van der Waals surface area contributed by atoms with E-state index in [0.29, 0.717) is 18.0 Å². The summed E-state index contributed by atoms with van der Waals surface area (Å²) in [4.78, 5) is 10.8. The maximum Gasteiger partial charge on any atom is 0.293 e. The second kappa shape index (κ2) is 9.05. The molecule has 9 heteroatoms. The number of methoxy groups -OCH3 is 1. The third kappa shape index (κ3) is 5.32. The van der Waals surface area contributed by atoms with Crippen molar-refractivity contribution in [1.29, 1.82) is 0 Å². The van der Waals surface area contributed by atoms with E-state index in [-0.39, 0.29) is 16.3 Å². The van der Waals surface area contributed by atoms with Gasteiger partial charge in [0.1, 0.15) is 11.4 Å². The lowest BCUT2D eigenvalue weighted by Crippen LogP contribution is -2.14. The highest BCUT2D eigenvalue weighted by Gasteiger charge is 2.22. The minimum absolute atomic E-state index is 0.186. The first-order valence-corrected chi connectivity index (χ1v) is 10.9. The Morgan fingerprint density at radius 1 is 0.968 bits per heavy atom. The van der Waals surface area contributed by atoms with E-state index in [2.05, 4.69) is 10.0 Å². The zero-order valence-electron chi connectivity index (χ0n) is 17.4. The van der Waals surface area contributed by atoms with Crippen LogP contribution in [0.4, 0.5) is 17.1 Å². The number of hydrogen-bond acceptors (Lipinski definition) is 6. The van der Waals surface area contributed by atoms with Gasteiger partial charge in [-0.05, 0) is 55.3 Å². The van der Waals surface area contributed by atoms with E-state index >= 15 is 0 Å². The van der Waals surface area contributed by atoms with Crippen molar-refractivity contribution in [3.8, 4) is 5.75 Å². The molecule has 0 unspecified atom stereocenters. The van der Waals surface area contributed by atoms with Crippen LogP contribution in [0.5, 0.6) is 5.75 Å². The maximum absolute atomic E-state index is 12.8. The average Bonchev–Trinajstić information content (AvgIpc) is 2.74. The standard InChI is InChI=1S/C22H23N3O5S/c1-15-4-10-20(16(2)12-15)24-31(28,29)19-9-11-21(22(13-19)25(26)27)23-14-17-5-7-18(30-3)8-6-17/h4-13,23-24H,14H2,1-3H3. The highest BCUT2D eigenvalue weighted by molar-refractivity contribution is 7.92. The number of aryl methyl sites for hydroxylation is 2. The molecule has 3 aromatic rings. The molecule has 0 aliphatic rings. The van der Waals surface area contributed by atoms with Crippen molar-refractivity contribution in [3.05, 3.63) is 87.5 Å². The molecule has 3 rings (SSSR count). The number of nitrogens with one attached hydrogen (secondary N) is 2. The quantitative estimate of drug-likeness (QED) is 0.389. The first kappa shape index (κ1) is 22.1. The summed E-state index contributed by atoms with van der Waals surface area (Å²) >= 11 is 0. The van der Waals surface area contributed by atoms with Gasteiger partial charge >= 0.3 is 0 Å². The number of ether oxygens (including phenoxy) is 1. The van der Waals surface area contributed by atoms with Gasteiger partial charge in [-0.2, -0.15) is 0 Å². The molecule has 0 amide bonds. The Bertz CT molecular complexity index is 1210. The molecule has 0 spiro atoms. The van der Waals surface area contributed by atoms with Crippen molar-refractivity contribution < 1.29 is 18.1 Å². The van der Waals surface area contributed by atoms with Crippen LogP contribution in [0.2, 0.25) is 0 Å². The van der Waals surface area contributed by atoms with Crippen molar-refractivity contribution in [3.63, 3.8) is 0 Å². The van der Waals surface area contributed by atoms with E-state index < -0.39 is 14.9 Å². The van der Waals surface area contributed by atoms with Gasteiger partial charge in [0.2, 0.25) is 0 Å². The zero-order chi connectivity index (χ0) is 22.6. The molecule has 3 aromatic carbocycles. The fourth-order valence-electron chi connectivity index (χ4n) is 3.05. The number of benzene rings is 3. The minimum atomic E-state index is -3.99. The molecule has 31 heavy (non-hydrogen) atoms. The number of nitro benzene ring substituents is 1. The first-order valence-electron chi connectivity index (χ1n) is 9.45. The topological polar surface area (TPSA) is 111 Å². The van der Waals surface area contributed by atoms with Crippen LogP contribution in [0, 0.1) is 24.0 Å². The lowest BCUT2D eigenvalue weighted by Gasteiger charge is -2.13. The van der Waals surface area contributed by atoms with Gasteiger partial charge in [-0.25, -0.2) is 8.42 Å². The van der Waals surface area contributed by atoms with Crippen LogP contribution in [0.15, 0.2) is 65.6 Å². The smallest absolute Gasteiger partial charge is 0.293 e. The van der Waals surface area contributed by atoms with E-state index in [0.717, 1.165) is 22.8 Å². The van der Waals surface area contributed by atoms with Crippen molar-refractivity contribution >= 4 is 27.1 Å². The van der Waals surface area contributed by atoms with Crippen LogP contribution in [-0.4, -0.2) is 20.5 Å². The van der Waals surface area contributed by atoms with Gasteiger partial charge in [-0.15, -0.1) is 0 Å². The largest absolute Gasteiger partial charge is 0.497 e. The molecule has 0 aliphatic carbocycles. The van der Waals surface area contributed by atoms with Crippen molar-refractivity contribution in [2.75, 3.05) is 17.1 Å². The predicted molar refractivity (Wildman–Crippen MR) is 120 cm³/mol. The monoisotopic (exact) mass is 441 g/mol. The predicted octanol–water partition coefficient (Wildman–Crippen LogP) is 4.63. The Morgan fingerprint density at radius 2 is 1.65 bits per heavy atom. The van der Waals surface area contributed by atoms with Gasteiger partial charge in [-0.3, -0.25) is 14.8 Å². The fraction of sp³-hybridized carbons (Fsp3) is 0.182. The number of anilines is 2. The molecule has 0 heterocycles. The van der Waals surface area contributed by atoms with Crippen LogP contribution in [-0.2, 0) is 16.6 Å². The Morgan fingerprint density at radius 3 is 2.26 bits per heavy atom. The van der Waals surface area contributed by atoms with E-state index in [9.17, 15) is 18.5 Å². The molecule has 0 fully saturated rings. The summed E-state index contributed by atoms with van der Waals surface area (Å²) in [5, 5.41) is 14.6. The first-order chi connectivity index (χ1) is 14.7. The number of sulfonamides is 1. The summed E-state index contributed by atoms with van der Waals surface area (Å²) in [5.41, 5.74) is 2.99. The molecule has 8 nitrogen and oxygen atoms in total. The van der Waals surface area contributed by atoms with Crippen LogP contribution in [0.25, 0.3) is 0 Å². The van der Waals surface area contributed by atoms with E-state index in [1.807, 2.05) is 25.1 Å². The Labute approximate surface area is 181 Å². The lowest BCUT2D eigenvalue weighted by molar-refractivity contribution is -0.384. The van der Waals surface area contributed by atoms with E-state index in [4.69, 9.17) is 4.74 Å². The lowest BCUT2D eigenvalue weighted by atomic mass is 10.1.